The molecular weight excluding hydrogens is 306 g/mol. The molecule has 92 valence electrons. The van der Waals surface area contributed by atoms with Crippen LogP contribution in [0.1, 0.15) is 22.3 Å². The maximum Gasteiger partial charge on any atom is 0.378 e. The predicted octanol–water partition coefficient (Wildman–Crippen LogP) is 2.48. The van der Waals surface area contributed by atoms with Crippen LogP contribution in [0, 0.1) is 10.1 Å². The molecule has 9 heteroatoms. The Morgan fingerprint density at radius 1 is 1.65 bits per heavy atom. The number of carbonyl (C=O) groups excluding carboxylic acids is 1. The summed E-state index contributed by atoms with van der Waals surface area (Å²) in [5.41, 5.74) is -1.65. The molecule has 0 aliphatic heterocycles. The van der Waals surface area contributed by atoms with Gasteiger partial charge in [0.2, 0.25) is 0 Å². The van der Waals surface area contributed by atoms with E-state index in [9.17, 15) is 23.7 Å². The number of pyridine rings is 1. The van der Waals surface area contributed by atoms with E-state index < -0.39 is 34.3 Å². The second-order valence-electron chi connectivity index (χ2n) is 2.77. The zero-order valence-corrected chi connectivity index (χ0v) is 9.90. The van der Waals surface area contributed by atoms with Gasteiger partial charge in [-0.25, -0.2) is 13.6 Å². The number of carbonyl (C=O) groups is 1. The minimum atomic E-state index is -3.07. The number of methoxy groups -OCH3 is 1. The van der Waals surface area contributed by atoms with E-state index in [0.29, 0.717) is 0 Å². The van der Waals surface area contributed by atoms with Crippen LogP contribution >= 0.6 is 15.9 Å². The molecule has 1 aromatic heterocycles. The Labute approximate surface area is 102 Å². The normalized spacial score (nSPS) is 10.4. The summed E-state index contributed by atoms with van der Waals surface area (Å²) < 4.78 is 29.5. The molecule has 1 aromatic rings. The zero-order valence-electron chi connectivity index (χ0n) is 8.32. The van der Waals surface area contributed by atoms with E-state index in [2.05, 4.69) is 25.7 Å². The number of aromatic nitrogens is 1. The zero-order chi connectivity index (χ0) is 13.2. The van der Waals surface area contributed by atoms with Gasteiger partial charge in [-0.2, -0.15) is 0 Å². The van der Waals surface area contributed by atoms with Crippen LogP contribution in [-0.2, 0) is 4.74 Å². The third-order valence-corrected chi connectivity index (χ3v) is 2.46. The maximum absolute atomic E-state index is 12.7. The first kappa shape index (κ1) is 13.4. The van der Waals surface area contributed by atoms with Gasteiger partial charge in [0.1, 0.15) is 0 Å². The Morgan fingerprint density at radius 3 is 2.65 bits per heavy atom. The number of halogens is 3. The Morgan fingerprint density at radius 2 is 2.24 bits per heavy atom. The second-order valence-corrected chi connectivity index (χ2v) is 3.62. The molecule has 6 nitrogen and oxygen atoms in total. The molecule has 0 N–H and O–H groups in total. The van der Waals surface area contributed by atoms with Crippen LogP contribution in [-0.4, -0.2) is 23.0 Å². The molecule has 1 heterocycles. The molecule has 0 saturated heterocycles. The first-order chi connectivity index (χ1) is 7.90. The van der Waals surface area contributed by atoms with Gasteiger partial charge < -0.3 is 14.9 Å². The quantitative estimate of drug-likeness (QED) is 0.486. The lowest BCUT2D eigenvalue weighted by Crippen LogP contribution is -2.12. The standard InChI is InChI=1S/C8H5BrF2N2O4/c1-17-8(14)5-4(6(10)11)3(9)2-12-7(5)13(15)16/h2,6H,1H3. The van der Waals surface area contributed by atoms with Crippen molar-refractivity contribution in [2.24, 2.45) is 0 Å². The summed E-state index contributed by atoms with van der Waals surface area (Å²) in [6, 6.07) is 0. The van der Waals surface area contributed by atoms with Crippen molar-refractivity contribution in [3.05, 3.63) is 31.9 Å². The molecule has 17 heavy (non-hydrogen) atoms. The number of rotatable bonds is 3. The molecular formula is C8H5BrF2N2O4. The number of nitro groups is 1. The highest BCUT2D eigenvalue weighted by Crippen LogP contribution is 2.34. The Balaban J connectivity index is 3.61. The van der Waals surface area contributed by atoms with Gasteiger partial charge in [-0.15, -0.1) is 0 Å². The average Bonchev–Trinajstić information content (AvgIpc) is 2.26. The van der Waals surface area contributed by atoms with Crippen molar-refractivity contribution in [3.63, 3.8) is 0 Å². The van der Waals surface area contributed by atoms with Crippen LogP contribution < -0.4 is 0 Å². The summed E-state index contributed by atoms with van der Waals surface area (Å²) in [6.07, 6.45) is -2.23. The molecule has 1 rings (SSSR count). The van der Waals surface area contributed by atoms with Gasteiger partial charge in [-0.1, -0.05) is 0 Å². The first-order valence-corrected chi connectivity index (χ1v) is 4.88. The molecule has 0 saturated carbocycles. The molecule has 0 aromatic carbocycles. The van der Waals surface area contributed by atoms with E-state index in [-0.39, 0.29) is 4.47 Å². The largest absolute Gasteiger partial charge is 0.465 e. The number of alkyl halides is 2. The van der Waals surface area contributed by atoms with Crippen molar-refractivity contribution in [1.82, 2.24) is 4.98 Å². The number of hydrogen-bond acceptors (Lipinski definition) is 5. The van der Waals surface area contributed by atoms with Crippen LogP contribution in [0.4, 0.5) is 14.6 Å². The summed E-state index contributed by atoms with van der Waals surface area (Å²) in [7, 11) is 0.933. The third-order valence-electron chi connectivity index (χ3n) is 1.83. The highest BCUT2D eigenvalue weighted by molar-refractivity contribution is 9.10. The summed E-state index contributed by atoms with van der Waals surface area (Å²) in [4.78, 5) is 24.2. The molecule has 0 atom stereocenters. The van der Waals surface area contributed by atoms with Crippen LogP contribution in [0.25, 0.3) is 0 Å². The van der Waals surface area contributed by atoms with Crippen molar-refractivity contribution >= 4 is 27.7 Å². The lowest BCUT2D eigenvalue weighted by atomic mass is 10.1. The van der Waals surface area contributed by atoms with Crippen molar-refractivity contribution < 1.29 is 23.2 Å². The van der Waals surface area contributed by atoms with E-state index in [1.165, 1.54) is 0 Å². The molecule has 0 aliphatic carbocycles. The molecule has 0 spiro atoms. The predicted molar refractivity (Wildman–Crippen MR) is 54.9 cm³/mol. The molecule has 0 radical (unpaired) electrons. The second kappa shape index (κ2) is 5.13. The van der Waals surface area contributed by atoms with E-state index >= 15 is 0 Å². The van der Waals surface area contributed by atoms with Gasteiger partial charge in [-0.05, 0) is 25.8 Å². The van der Waals surface area contributed by atoms with Gasteiger partial charge >= 0.3 is 11.8 Å². The summed E-state index contributed by atoms with van der Waals surface area (Å²) in [6.45, 7) is 0. The van der Waals surface area contributed by atoms with Crippen molar-refractivity contribution in [1.29, 1.82) is 0 Å². The van der Waals surface area contributed by atoms with Crippen molar-refractivity contribution in [3.8, 4) is 0 Å². The van der Waals surface area contributed by atoms with Gasteiger partial charge in [0.05, 0.1) is 17.1 Å². The number of esters is 1. The summed E-state index contributed by atoms with van der Waals surface area (Å²) in [5, 5.41) is 10.6. The summed E-state index contributed by atoms with van der Waals surface area (Å²) in [5.74, 6) is -2.20. The topological polar surface area (TPSA) is 82.3 Å². The number of nitrogens with zero attached hydrogens (tertiary/aromatic N) is 2. The fraction of sp³-hybridized carbons (Fsp3) is 0.250. The van der Waals surface area contributed by atoms with Gasteiger partial charge in [0, 0.05) is 0 Å². The van der Waals surface area contributed by atoms with Crippen LogP contribution in [0.15, 0.2) is 10.7 Å². The summed E-state index contributed by atoms with van der Waals surface area (Å²) >= 11 is 2.76. The van der Waals surface area contributed by atoms with E-state index in [4.69, 9.17) is 0 Å². The van der Waals surface area contributed by atoms with E-state index in [1.54, 1.807) is 0 Å². The third kappa shape index (κ3) is 2.54. The first-order valence-electron chi connectivity index (χ1n) is 4.09. The maximum atomic E-state index is 12.7. The smallest absolute Gasteiger partial charge is 0.378 e. The minimum absolute atomic E-state index is 0.196. The molecule has 0 unspecified atom stereocenters. The highest BCUT2D eigenvalue weighted by Gasteiger charge is 2.32. The van der Waals surface area contributed by atoms with E-state index in [1.807, 2.05) is 0 Å². The molecule has 0 fully saturated rings. The van der Waals surface area contributed by atoms with Crippen LogP contribution in [0.5, 0.6) is 0 Å². The SMILES string of the molecule is COC(=O)c1c([N+](=O)[O-])ncc(Br)c1C(F)F. The number of ether oxygens (including phenoxy) is 1. The lowest BCUT2D eigenvalue weighted by Gasteiger charge is -2.08. The van der Waals surface area contributed by atoms with Gasteiger partial charge in [-0.3, -0.25) is 0 Å². The monoisotopic (exact) mass is 310 g/mol. The highest BCUT2D eigenvalue weighted by atomic mass is 79.9. The van der Waals surface area contributed by atoms with Gasteiger partial charge in [0.15, 0.2) is 11.8 Å². The van der Waals surface area contributed by atoms with Crippen molar-refractivity contribution in [2.75, 3.05) is 7.11 Å². The average molecular weight is 311 g/mol. The Bertz CT molecular complexity index is 481. The van der Waals surface area contributed by atoms with Crippen molar-refractivity contribution in [2.45, 2.75) is 6.43 Å². The Kier molecular flexibility index (Phi) is 4.05. The van der Waals surface area contributed by atoms with Gasteiger partial charge in [0.25, 0.3) is 6.43 Å². The fourth-order valence-electron chi connectivity index (χ4n) is 1.15. The molecule has 0 bridgehead atoms. The molecule has 0 amide bonds. The number of hydrogen-bond donors (Lipinski definition) is 0. The van der Waals surface area contributed by atoms with Crippen LogP contribution in [0.3, 0.4) is 0 Å². The minimum Gasteiger partial charge on any atom is -0.465 e. The van der Waals surface area contributed by atoms with E-state index in [0.717, 1.165) is 13.3 Å². The molecule has 0 aliphatic rings. The Hall–Kier alpha value is -1.64. The van der Waals surface area contributed by atoms with Crippen LogP contribution in [0.2, 0.25) is 0 Å². The fourth-order valence-corrected chi connectivity index (χ4v) is 1.62. The lowest BCUT2D eigenvalue weighted by molar-refractivity contribution is -0.390.